The van der Waals surface area contributed by atoms with E-state index in [1.165, 1.54) is 7.11 Å². The number of nitriles is 1. The molecule has 0 aliphatic carbocycles. The highest BCUT2D eigenvalue weighted by atomic mass is 35.5. The lowest BCUT2D eigenvalue weighted by Crippen LogP contribution is -2.51. The van der Waals surface area contributed by atoms with E-state index >= 15 is 0 Å². The van der Waals surface area contributed by atoms with E-state index in [2.05, 4.69) is 22.9 Å². The average molecular weight is 467 g/mol. The Labute approximate surface area is 197 Å². The first-order chi connectivity index (χ1) is 15.9. The number of piperidine rings is 1. The third-order valence-corrected chi connectivity index (χ3v) is 7.70. The van der Waals surface area contributed by atoms with Gasteiger partial charge >= 0.3 is 0 Å². The molecule has 0 radical (unpaired) electrons. The minimum absolute atomic E-state index is 0.0449. The fourth-order valence-corrected chi connectivity index (χ4v) is 5.55. The minimum atomic E-state index is 0.0449. The highest BCUT2D eigenvalue weighted by Gasteiger charge is 2.47. The smallest absolute Gasteiger partial charge is 0.211 e. The molecule has 2 atom stereocenters. The summed E-state index contributed by atoms with van der Waals surface area (Å²) in [7, 11) is 1.52. The summed E-state index contributed by atoms with van der Waals surface area (Å²) in [6.07, 6.45) is 5.71. The van der Waals surface area contributed by atoms with Crippen LogP contribution in [0.5, 0.6) is 5.75 Å². The van der Waals surface area contributed by atoms with Crippen LogP contribution in [0.15, 0.2) is 24.5 Å². The fourth-order valence-electron chi connectivity index (χ4n) is 5.26. The average Bonchev–Trinajstić information content (AvgIpc) is 3.41. The van der Waals surface area contributed by atoms with Gasteiger partial charge in [-0.05, 0) is 38.8 Å². The molecule has 3 aromatic rings. The normalized spacial score (nSPS) is 22.1. The van der Waals surface area contributed by atoms with Crippen molar-refractivity contribution in [2.24, 2.45) is 11.1 Å². The van der Waals surface area contributed by atoms with Crippen LogP contribution in [-0.4, -0.2) is 53.3 Å². The first-order valence-electron chi connectivity index (χ1n) is 11.1. The second kappa shape index (κ2) is 8.17. The van der Waals surface area contributed by atoms with Crippen LogP contribution in [0.4, 0.5) is 5.95 Å². The van der Waals surface area contributed by atoms with Gasteiger partial charge in [0.2, 0.25) is 5.95 Å². The number of anilines is 1. The second-order valence-corrected chi connectivity index (χ2v) is 9.38. The Morgan fingerprint density at radius 1 is 1.33 bits per heavy atom. The number of nitrogens with zero attached hydrogens (tertiary/aromatic N) is 5. The van der Waals surface area contributed by atoms with E-state index < -0.39 is 0 Å². The number of methoxy groups -OCH3 is 1. The van der Waals surface area contributed by atoms with Crippen molar-refractivity contribution in [3.8, 4) is 22.9 Å². The number of imidazole rings is 1. The van der Waals surface area contributed by atoms with Gasteiger partial charge in [0.15, 0.2) is 0 Å². The Balaban J connectivity index is 1.54. The number of halogens is 1. The largest absolute Gasteiger partial charge is 0.495 e. The molecule has 2 aromatic heterocycles. The molecule has 1 aromatic carbocycles. The first-order valence-corrected chi connectivity index (χ1v) is 11.5. The Hall–Kier alpha value is -2.86. The summed E-state index contributed by atoms with van der Waals surface area (Å²) < 4.78 is 13.2. The summed E-state index contributed by atoms with van der Waals surface area (Å²) in [5, 5.41) is 9.94. The molecule has 0 amide bonds. The Morgan fingerprint density at radius 3 is 2.73 bits per heavy atom. The lowest BCUT2D eigenvalue weighted by molar-refractivity contribution is 0.0973. The number of hydrogen-bond acceptors (Lipinski definition) is 7. The van der Waals surface area contributed by atoms with Crippen LogP contribution < -0.4 is 15.4 Å². The van der Waals surface area contributed by atoms with Crippen molar-refractivity contribution in [1.82, 2.24) is 14.4 Å². The van der Waals surface area contributed by atoms with E-state index in [0.717, 1.165) is 55.4 Å². The summed E-state index contributed by atoms with van der Waals surface area (Å²) >= 11 is 6.65. The predicted molar refractivity (Wildman–Crippen MR) is 127 cm³/mol. The number of ether oxygens (including phenoxy) is 2. The molecule has 33 heavy (non-hydrogen) atoms. The third kappa shape index (κ3) is 3.34. The van der Waals surface area contributed by atoms with Gasteiger partial charge in [-0.3, -0.25) is 4.40 Å². The van der Waals surface area contributed by atoms with Crippen molar-refractivity contribution >= 4 is 23.2 Å². The summed E-state index contributed by atoms with van der Waals surface area (Å²) in [6, 6.07) is 5.82. The molecule has 8 nitrogen and oxygen atoms in total. The van der Waals surface area contributed by atoms with E-state index in [9.17, 15) is 5.26 Å². The third-order valence-electron chi connectivity index (χ3n) is 7.30. The van der Waals surface area contributed by atoms with Crippen molar-refractivity contribution in [3.63, 3.8) is 0 Å². The maximum atomic E-state index is 9.61. The van der Waals surface area contributed by atoms with Crippen LogP contribution in [0.1, 0.15) is 31.0 Å². The van der Waals surface area contributed by atoms with Gasteiger partial charge in [-0.2, -0.15) is 5.26 Å². The second-order valence-electron chi connectivity index (χ2n) is 9.00. The lowest BCUT2D eigenvalue weighted by atomic mass is 9.73. The molecule has 172 valence electrons. The Bertz CT molecular complexity index is 1260. The van der Waals surface area contributed by atoms with E-state index in [-0.39, 0.29) is 17.6 Å². The number of hydrogen-bond donors (Lipinski definition) is 1. The molecule has 0 unspecified atom stereocenters. The summed E-state index contributed by atoms with van der Waals surface area (Å²) in [5.74, 6) is 1.29. The van der Waals surface area contributed by atoms with Gasteiger partial charge in [0, 0.05) is 48.1 Å². The molecule has 5 rings (SSSR count). The molecular formula is C24H27ClN6O2. The van der Waals surface area contributed by atoms with Gasteiger partial charge < -0.3 is 20.1 Å². The number of aryl methyl sites for hydroxylation is 1. The van der Waals surface area contributed by atoms with Gasteiger partial charge in [0.05, 0.1) is 30.5 Å². The number of nitrogens with two attached hydrogens (primary N) is 1. The molecular weight excluding hydrogens is 440 g/mol. The van der Waals surface area contributed by atoms with Crippen molar-refractivity contribution < 1.29 is 9.47 Å². The van der Waals surface area contributed by atoms with E-state index in [1.54, 1.807) is 12.3 Å². The van der Waals surface area contributed by atoms with Crippen LogP contribution in [0.3, 0.4) is 0 Å². The standard InChI is InChI=1S/C24H27ClN6O2/c1-14-19(16-4-5-18(32-3)17(12-26)20(16)25)22-28-8-11-31(22)23(29-14)30-9-6-24(7-10-30)13-33-15(2)21(24)27/h4-5,8,11,15,21H,6-7,9-10,13,27H2,1-3H3/t15-,21+/m0/s1. The zero-order chi connectivity index (χ0) is 23.3. The molecule has 0 bridgehead atoms. The molecule has 2 N–H and O–H groups in total. The summed E-state index contributed by atoms with van der Waals surface area (Å²) in [4.78, 5) is 11.9. The van der Waals surface area contributed by atoms with Crippen LogP contribution in [-0.2, 0) is 4.74 Å². The molecule has 0 saturated carbocycles. The van der Waals surface area contributed by atoms with Crippen LogP contribution in [0.2, 0.25) is 5.02 Å². The van der Waals surface area contributed by atoms with Gasteiger partial charge in [-0.1, -0.05) is 11.6 Å². The minimum Gasteiger partial charge on any atom is -0.495 e. The van der Waals surface area contributed by atoms with Gasteiger partial charge in [0.25, 0.3) is 0 Å². The van der Waals surface area contributed by atoms with Crippen molar-refractivity contribution in [1.29, 1.82) is 5.26 Å². The molecule has 2 aliphatic heterocycles. The SMILES string of the molecule is COc1ccc(-c2c(C)nc(N3CCC4(CC3)CO[C@@H](C)[C@H]4N)n3ccnc23)c(Cl)c1C#N. The fraction of sp³-hybridized carbons (Fsp3) is 0.458. The summed E-state index contributed by atoms with van der Waals surface area (Å²) in [5.41, 5.74) is 9.91. The van der Waals surface area contributed by atoms with Crippen LogP contribution in [0, 0.1) is 23.7 Å². The monoisotopic (exact) mass is 466 g/mol. The maximum Gasteiger partial charge on any atom is 0.211 e. The predicted octanol–water partition coefficient (Wildman–Crippen LogP) is 3.57. The van der Waals surface area contributed by atoms with Crippen molar-refractivity contribution in [3.05, 3.63) is 40.8 Å². The van der Waals surface area contributed by atoms with E-state index in [4.69, 9.17) is 31.8 Å². The van der Waals surface area contributed by atoms with Crippen LogP contribution >= 0.6 is 11.6 Å². The number of aromatic nitrogens is 3. The van der Waals surface area contributed by atoms with Gasteiger partial charge in [-0.25, -0.2) is 9.97 Å². The van der Waals surface area contributed by atoms with Gasteiger partial charge in [0.1, 0.15) is 23.0 Å². The number of rotatable bonds is 3. The number of benzene rings is 1. The van der Waals surface area contributed by atoms with E-state index in [1.807, 2.05) is 23.6 Å². The molecule has 2 saturated heterocycles. The van der Waals surface area contributed by atoms with Gasteiger partial charge in [-0.15, -0.1) is 0 Å². The molecule has 2 aliphatic rings. The topological polar surface area (TPSA) is 102 Å². The molecule has 2 fully saturated rings. The zero-order valence-corrected chi connectivity index (χ0v) is 19.8. The quantitative estimate of drug-likeness (QED) is 0.629. The lowest BCUT2D eigenvalue weighted by Gasteiger charge is -2.41. The van der Waals surface area contributed by atoms with Crippen LogP contribution in [0.25, 0.3) is 16.8 Å². The first kappa shape index (κ1) is 22.0. The Morgan fingerprint density at radius 2 is 2.09 bits per heavy atom. The summed E-state index contributed by atoms with van der Waals surface area (Å²) in [6.45, 7) is 6.45. The molecule has 1 spiro atoms. The highest BCUT2D eigenvalue weighted by Crippen LogP contribution is 2.43. The van der Waals surface area contributed by atoms with Crippen molar-refractivity contribution in [2.45, 2.75) is 38.8 Å². The van der Waals surface area contributed by atoms with Crippen molar-refractivity contribution in [2.75, 3.05) is 31.7 Å². The van der Waals surface area contributed by atoms with E-state index in [0.29, 0.717) is 21.9 Å². The molecule has 9 heteroatoms. The maximum absolute atomic E-state index is 9.61. The zero-order valence-electron chi connectivity index (χ0n) is 19.0. The molecule has 4 heterocycles. The Kier molecular flexibility index (Phi) is 5.44. The highest BCUT2D eigenvalue weighted by molar-refractivity contribution is 6.35. The number of fused-ring (bicyclic) bond motifs is 1.